The number of carbonyl (C=O) groups is 2. The summed E-state index contributed by atoms with van der Waals surface area (Å²) in [6.07, 6.45) is 1.04. The van der Waals surface area contributed by atoms with Gasteiger partial charge in [-0.3, -0.25) is 9.59 Å². The zero-order valence-corrected chi connectivity index (χ0v) is 23.3. The van der Waals surface area contributed by atoms with Crippen molar-refractivity contribution in [2.75, 3.05) is 18.8 Å². The standard InChI is InChI=1S/C27H32Cl2N2O5S/c1-3-22(17-30-12-5-13-37(30,35)36)31-25(18-8-10-20(28)11-9-18)23(19-6-4-7-21(29)14-19)15-27(2,26(31)34)16-24(32)33/h4,6-11,14,22-23,25H,3,5,12-13,15-17H2,1-2H3,(H,32,33)/t22-,23+,25?,27+/m0/s1. The normalized spacial score (nSPS) is 26.8. The van der Waals surface area contributed by atoms with Crippen molar-refractivity contribution < 1.29 is 23.1 Å². The fourth-order valence-electron chi connectivity index (χ4n) is 5.83. The summed E-state index contributed by atoms with van der Waals surface area (Å²) in [4.78, 5) is 27.9. The van der Waals surface area contributed by atoms with Crippen molar-refractivity contribution in [3.8, 4) is 0 Å². The van der Waals surface area contributed by atoms with Crippen LogP contribution in [0.5, 0.6) is 0 Å². The minimum Gasteiger partial charge on any atom is -0.481 e. The molecule has 0 aliphatic carbocycles. The number of likely N-dealkylation sites (tertiary alicyclic amines) is 1. The smallest absolute Gasteiger partial charge is 0.304 e. The lowest BCUT2D eigenvalue weighted by atomic mass is 9.67. The summed E-state index contributed by atoms with van der Waals surface area (Å²) in [5.41, 5.74) is 0.562. The van der Waals surface area contributed by atoms with Gasteiger partial charge in [-0.05, 0) is 54.7 Å². The van der Waals surface area contributed by atoms with Crippen molar-refractivity contribution in [2.45, 2.75) is 57.5 Å². The van der Waals surface area contributed by atoms with Gasteiger partial charge in [-0.25, -0.2) is 8.42 Å². The number of nitrogens with zero attached hydrogens (tertiary/aromatic N) is 2. The Morgan fingerprint density at radius 1 is 1.14 bits per heavy atom. The molecule has 0 spiro atoms. The molecule has 37 heavy (non-hydrogen) atoms. The molecule has 0 bridgehead atoms. The largest absolute Gasteiger partial charge is 0.481 e. The maximum atomic E-state index is 14.3. The number of amides is 1. The molecule has 1 N–H and O–H groups in total. The number of carboxylic acid groups (broad SMARTS) is 1. The van der Waals surface area contributed by atoms with Crippen LogP contribution < -0.4 is 0 Å². The summed E-state index contributed by atoms with van der Waals surface area (Å²) < 4.78 is 26.8. The topological polar surface area (TPSA) is 95.0 Å². The van der Waals surface area contributed by atoms with Crippen LogP contribution in [0.15, 0.2) is 48.5 Å². The number of sulfonamides is 1. The van der Waals surface area contributed by atoms with E-state index in [0.29, 0.717) is 35.9 Å². The van der Waals surface area contributed by atoms with E-state index < -0.39 is 33.5 Å². The maximum Gasteiger partial charge on any atom is 0.304 e. The first-order valence-electron chi connectivity index (χ1n) is 12.5. The highest BCUT2D eigenvalue weighted by atomic mass is 35.5. The van der Waals surface area contributed by atoms with E-state index in [-0.39, 0.29) is 30.5 Å². The first-order valence-corrected chi connectivity index (χ1v) is 14.8. The average Bonchev–Trinajstić information content (AvgIpc) is 3.17. The first-order chi connectivity index (χ1) is 17.4. The molecule has 2 fully saturated rings. The van der Waals surface area contributed by atoms with Crippen LogP contribution in [0.4, 0.5) is 0 Å². The van der Waals surface area contributed by atoms with Crippen molar-refractivity contribution in [2.24, 2.45) is 5.41 Å². The summed E-state index contributed by atoms with van der Waals surface area (Å²) in [6.45, 7) is 4.21. The SMILES string of the molecule is CC[C@@H](CN1CCCS1(=O)=O)N1C(=O)[C@@](C)(CC(=O)O)C[C@H](c2cccc(Cl)c2)C1c1ccc(Cl)cc1. The van der Waals surface area contributed by atoms with Crippen molar-refractivity contribution in [1.82, 2.24) is 9.21 Å². The lowest BCUT2D eigenvalue weighted by Crippen LogP contribution is -2.58. The van der Waals surface area contributed by atoms with E-state index >= 15 is 0 Å². The van der Waals surface area contributed by atoms with Gasteiger partial charge in [0.2, 0.25) is 15.9 Å². The third-order valence-electron chi connectivity index (χ3n) is 7.61. The molecule has 0 radical (unpaired) electrons. The number of benzene rings is 2. The third-order valence-corrected chi connectivity index (χ3v) is 10.0. The number of aliphatic carboxylic acids is 1. The summed E-state index contributed by atoms with van der Waals surface area (Å²) in [5, 5.41) is 10.9. The number of hydrogen-bond donors (Lipinski definition) is 1. The number of halogens is 2. The van der Waals surface area contributed by atoms with Gasteiger partial charge in [0.25, 0.3) is 0 Å². The van der Waals surface area contributed by atoms with Crippen LogP contribution in [0.1, 0.15) is 62.6 Å². The van der Waals surface area contributed by atoms with Crippen molar-refractivity contribution in [3.63, 3.8) is 0 Å². The van der Waals surface area contributed by atoms with Crippen LogP contribution in [0.25, 0.3) is 0 Å². The Kier molecular flexibility index (Phi) is 8.24. The van der Waals surface area contributed by atoms with Crippen molar-refractivity contribution in [3.05, 3.63) is 69.7 Å². The highest BCUT2D eigenvalue weighted by Gasteiger charge is 2.52. The van der Waals surface area contributed by atoms with E-state index in [1.165, 1.54) is 4.31 Å². The number of piperidine rings is 1. The third kappa shape index (κ3) is 5.82. The monoisotopic (exact) mass is 566 g/mol. The second-order valence-electron chi connectivity index (χ2n) is 10.3. The Hall–Kier alpha value is -2.13. The van der Waals surface area contributed by atoms with Crippen LogP contribution in [-0.4, -0.2) is 59.5 Å². The molecule has 2 saturated heterocycles. The molecule has 10 heteroatoms. The Morgan fingerprint density at radius 2 is 1.84 bits per heavy atom. The predicted molar refractivity (Wildman–Crippen MR) is 144 cm³/mol. The van der Waals surface area contributed by atoms with Gasteiger partial charge in [0, 0.05) is 35.1 Å². The zero-order valence-electron chi connectivity index (χ0n) is 20.9. The molecule has 1 amide bonds. The molecule has 0 saturated carbocycles. The van der Waals surface area contributed by atoms with E-state index in [1.807, 2.05) is 37.3 Å². The van der Waals surface area contributed by atoms with Crippen LogP contribution in [0.3, 0.4) is 0 Å². The minimum absolute atomic E-state index is 0.0971. The molecule has 7 nitrogen and oxygen atoms in total. The molecule has 1 unspecified atom stereocenters. The molecule has 2 aliphatic rings. The van der Waals surface area contributed by atoms with Crippen LogP contribution in [0.2, 0.25) is 10.0 Å². The Labute approximate surface area is 228 Å². The highest BCUT2D eigenvalue weighted by molar-refractivity contribution is 7.89. The molecular weight excluding hydrogens is 535 g/mol. The molecule has 2 aliphatic heterocycles. The molecule has 0 aromatic heterocycles. The zero-order chi connectivity index (χ0) is 27.0. The van der Waals surface area contributed by atoms with Crippen molar-refractivity contribution in [1.29, 1.82) is 0 Å². The van der Waals surface area contributed by atoms with Crippen LogP contribution >= 0.6 is 23.2 Å². The summed E-state index contributed by atoms with van der Waals surface area (Å²) in [7, 11) is -3.39. The lowest BCUT2D eigenvalue weighted by Gasteiger charge is -2.52. The second kappa shape index (κ2) is 10.9. The molecular formula is C27H32Cl2N2O5S. The van der Waals surface area contributed by atoms with Gasteiger partial charge >= 0.3 is 5.97 Å². The van der Waals surface area contributed by atoms with Gasteiger partial charge < -0.3 is 10.0 Å². The van der Waals surface area contributed by atoms with Gasteiger partial charge in [0.1, 0.15) is 0 Å². The Balaban J connectivity index is 1.88. The van der Waals surface area contributed by atoms with E-state index in [2.05, 4.69) is 0 Å². The predicted octanol–water partition coefficient (Wildman–Crippen LogP) is 5.35. The fourth-order valence-corrected chi connectivity index (χ4v) is 7.71. The molecule has 2 heterocycles. The second-order valence-corrected chi connectivity index (χ2v) is 13.3. The van der Waals surface area contributed by atoms with Gasteiger partial charge in [-0.15, -0.1) is 0 Å². The van der Waals surface area contributed by atoms with Crippen molar-refractivity contribution >= 4 is 45.1 Å². The highest BCUT2D eigenvalue weighted by Crippen LogP contribution is 2.52. The Morgan fingerprint density at radius 3 is 2.41 bits per heavy atom. The molecule has 2 aromatic carbocycles. The molecule has 4 atom stereocenters. The number of carbonyl (C=O) groups excluding carboxylic acids is 1. The van der Waals surface area contributed by atoms with Gasteiger partial charge in [0.15, 0.2) is 0 Å². The minimum atomic E-state index is -3.39. The van der Waals surface area contributed by atoms with Crippen LogP contribution in [-0.2, 0) is 19.6 Å². The van der Waals surface area contributed by atoms with E-state index in [9.17, 15) is 23.1 Å². The number of carboxylic acids is 1. The van der Waals surface area contributed by atoms with Gasteiger partial charge in [-0.1, -0.05) is 61.3 Å². The molecule has 200 valence electrons. The average molecular weight is 568 g/mol. The summed E-state index contributed by atoms with van der Waals surface area (Å²) >= 11 is 12.6. The van der Waals surface area contributed by atoms with E-state index in [0.717, 1.165) is 11.1 Å². The molecule has 4 rings (SSSR count). The van der Waals surface area contributed by atoms with Gasteiger partial charge in [-0.2, -0.15) is 4.31 Å². The number of rotatable bonds is 8. The molecule has 2 aromatic rings. The Bertz CT molecular complexity index is 1270. The van der Waals surface area contributed by atoms with Crippen LogP contribution in [0, 0.1) is 5.41 Å². The van der Waals surface area contributed by atoms with E-state index in [4.69, 9.17) is 23.2 Å². The number of hydrogen-bond acceptors (Lipinski definition) is 4. The van der Waals surface area contributed by atoms with Gasteiger partial charge in [0.05, 0.1) is 23.6 Å². The summed E-state index contributed by atoms with van der Waals surface area (Å²) in [6, 6.07) is 13.8. The lowest BCUT2D eigenvalue weighted by molar-refractivity contribution is -0.160. The first kappa shape index (κ1) is 27.9. The maximum absolute atomic E-state index is 14.3. The van der Waals surface area contributed by atoms with E-state index in [1.54, 1.807) is 30.0 Å². The fraction of sp³-hybridized carbons (Fsp3) is 0.481. The quantitative estimate of drug-likeness (QED) is 0.465. The summed E-state index contributed by atoms with van der Waals surface area (Å²) in [5.74, 6) is -1.51.